The van der Waals surface area contributed by atoms with Crippen LogP contribution in [0.15, 0.2) is 29.3 Å². The maximum Gasteiger partial charge on any atom is 0.348 e. The molecule has 2 heterocycles. The monoisotopic (exact) mass is 438 g/mol. The van der Waals surface area contributed by atoms with Crippen molar-refractivity contribution in [3.05, 3.63) is 60.9 Å². The molecule has 0 bridgehead atoms. The fourth-order valence-corrected chi connectivity index (χ4v) is 4.23. The van der Waals surface area contributed by atoms with E-state index < -0.39 is 11.5 Å². The fraction of sp³-hybridized carbons (Fsp3) is 0.263. The number of carbonyl (C=O) groups excluding carboxylic acids is 2. The van der Waals surface area contributed by atoms with Gasteiger partial charge in [0, 0.05) is 10.6 Å². The fourth-order valence-electron chi connectivity index (χ4n) is 2.69. The Kier molecular flexibility index (Phi) is 5.88. The second kappa shape index (κ2) is 8.03. The molecule has 0 fully saturated rings. The lowest BCUT2D eigenvalue weighted by Crippen LogP contribution is -2.25. The number of benzene rings is 1. The van der Waals surface area contributed by atoms with Gasteiger partial charge in [-0.3, -0.25) is 14.2 Å². The van der Waals surface area contributed by atoms with E-state index in [1.165, 1.54) is 23.0 Å². The highest BCUT2D eigenvalue weighted by atomic mass is 35.5. The lowest BCUT2D eigenvalue weighted by Gasteiger charge is -2.07. The van der Waals surface area contributed by atoms with Gasteiger partial charge in [-0.25, -0.2) is 9.78 Å². The zero-order valence-corrected chi connectivity index (χ0v) is 17.6. The van der Waals surface area contributed by atoms with Crippen molar-refractivity contribution in [2.45, 2.75) is 33.4 Å². The molecular formula is C19H16Cl2N2O4S. The Balaban J connectivity index is 1.98. The van der Waals surface area contributed by atoms with Crippen molar-refractivity contribution in [1.82, 2.24) is 9.55 Å². The van der Waals surface area contributed by atoms with E-state index in [4.69, 9.17) is 27.9 Å². The van der Waals surface area contributed by atoms with Crippen molar-refractivity contribution in [3.63, 3.8) is 0 Å². The number of hydrogen-bond acceptors (Lipinski definition) is 6. The molecule has 1 aromatic carbocycles. The summed E-state index contributed by atoms with van der Waals surface area (Å²) in [5.41, 5.74) is 0.358. The topological polar surface area (TPSA) is 78.3 Å². The Bertz CT molecular complexity index is 1150. The molecule has 146 valence electrons. The third-order valence-corrected chi connectivity index (χ3v) is 5.72. The SMILES string of the molecule is Cc1c(C(=O)OC(C)C)sc2ncn(CC(=O)c3ccc(Cl)cc3Cl)c(=O)c12. The molecule has 0 aliphatic heterocycles. The minimum absolute atomic E-state index is 0.213. The van der Waals surface area contributed by atoms with Crippen LogP contribution in [0, 0.1) is 6.92 Å². The number of esters is 1. The number of rotatable bonds is 5. The molecule has 0 amide bonds. The Morgan fingerprint density at radius 2 is 2.00 bits per heavy atom. The van der Waals surface area contributed by atoms with Crippen LogP contribution >= 0.6 is 34.5 Å². The summed E-state index contributed by atoms with van der Waals surface area (Å²) >= 11 is 13.0. The van der Waals surface area contributed by atoms with Gasteiger partial charge in [0.1, 0.15) is 9.71 Å². The number of thiophene rings is 1. The predicted octanol–water partition coefficient (Wildman–Crippen LogP) is 4.52. The van der Waals surface area contributed by atoms with Crippen LogP contribution in [0.25, 0.3) is 10.2 Å². The van der Waals surface area contributed by atoms with Crippen LogP contribution in [0.4, 0.5) is 0 Å². The van der Waals surface area contributed by atoms with Gasteiger partial charge in [-0.15, -0.1) is 11.3 Å². The van der Waals surface area contributed by atoms with Crippen molar-refractivity contribution in [3.8, 4) is 0 Å². The van der Waals surface area contributed by atoms with Crippen molar-refractivity contribution < 1.29 is 14.3 Å². The summed E-state index contributed by atoms with van der Waals surface area (Å²) in [5, 5.41) is 0.930. The molecular weight excluding hydrogens is 423 g/mol. The molecule has 0 aliphatic rings. The van der Waals surface area contributed by atoms with Crippen LogP contribution in [0.3, 0.4) is 0 Å². The predicted molar refractivity (Wildman–Crippen MR) is 110 cm³/mol. The lowest BCUT2D eigenvalue weighted by atomic mass is 10.1. The summed E-state index contributed by atoms with van der Waals surface area (Å²) in [5.74, 6) is -0.845. The number of carbonyl (C=O) groups is 2. The van der Waals surface area contributed by atoms with Crippen molar-refractivity contribution in [2.75, 3.05) is 0 Å². The van der Waals surface area contributed by atoms with E-state index in [0.717, 1.165) is 11.3 Å². The summed E-state index contributed by atoms with van der Waals surface area (Å²) in [6.07, 6.45) is 1.02. The van der Waals surface area contributed by atoms with E-state index in [1.807, 2.05) is 0 Å². The second-order valence-corrected chi connectivity index (χ2v) is 8.26. The number of ketones is 1. The largest absolute Gasteiger partial charge is 0.459 e. The molecule has 0 unspecified atom stereocenters. The first-order chi connectivity index (χ1) is 13.2. The number of ether oxygens (including phenoxy) is 1. The first-order valence-electron chi connectivity index (χ1n) is 8.36. The van der Waals surface area contributed by atoms with Gasteiger partial charge in [-0.2, -0.15) is 0 Å². The molecule has 3 rings (SSSR count). The molecule has 0 radical (unpaired) electrons. The Morgan fingerprint density at radius 3 is 2.64 bits per heavy atom. The van der Waals surface area contributed by atoms with Gasteiger partial charge in [-0.1, -0.05) is 23.2 Å². The molecule has 9 heteroatoms. The van der Waals surface area contributed by atoms with Crippen LogP contribution in [0.1, 0.15) is 39.4 Å². The number of hydrogen-bond donors (Lipinski definition) is 0. The van der Waals surface area contributed by atoms with Crippen LogP contribution in [0.2, 0.25) is 10.0 Å². The van der Waals surface area contributed by atoms with Gasteiger partial charge in [-0.05, 0) is 44.5 Å². The summed E-state index contributed by atoms with van der Waals surface area (Å²) < 4.78 is 6.42. The van der Waals surface area contributed by atoms with E-state index in [0.29, 0.717) is 25.7 Å². The van der Waals surface area contributed by atoms with Crippen LogP contribution in [-0.4, -0.2) is 27.4 Å². The molecule has 0 atom stereocenters. The van der Waals surface area contributed by atoms with E-state index in [9.17, 15) is 14.4 Å². The first kappa shape index (κ1) is 20.5. The van der Waals surface area contributed by atoms with Gasteiger partial charge in [0.25, 0.3) is 5.56 Å². The number of fused-ring (bicyclic) bond motifs is 1. The molecule has 0 saturated heterocycles. The zero-order chi connectivity index (χ0) is 20.6. The van der Waals surface area contributed by atoms with Gasteiger partial charge in [0.15, 0.2) is 5.78 Å². The lowest BCUT2D eigenvalue weighted by molar-refractivity contribution is 0.0383. The third-order valence-electron chi connectivity index (χ3n) is 3.99. The van der Waals surface area contributed by atoms with Crippen LogP contribution in [0.5, 0.6) is 0 Å². The van der Waals surface area contributed by atoms with Gasteiger partial charge < -0.3 is 4.74 Å². The standard InChI is InChI=1S/C19H16Cl2N2O4S/c1-9(2)27-19(26)16-10(3)15-17(28-16)22-8-23(18(15)25)7-14(24)12-5-4-11(20)6-13(12)21/h4-6,8-9H,7H2,1-3H3. The maximum atomic E-state index is 12.9. The molecule has 28 heavy (non-hydrogen) atoms. The van der Waals surface area contributed by atoms with Crippen LogP contribution in [-0.2, 0) is 11.3 Å². The van der Waals surface area contributed by atoms with Crippen LogP contribution < -0.4 is 5.56 Å². The minimum atomic E-state index is -0.495. The average Bonchev–Trinajstić information content (AvgIpc) is 2.94. The van der Waals surface area contributed by atoms with Gasteiger partial charge in [0.05, 0.1) is 29.4 Å². The minimum Gasteiger partial charge on any atom is -0.459 e. The number of aromatic nitrogens is 2. The first-order valence-corrected chi connectivity index (χ1v) is 9.94. The number of nitrogens with zero attached hydrogens (tertiary/aromatic N) is 2. The van der Waals surface area contributed by atoms with E-state index >= 15 is 0 Å². The summed E-state index contributed by atoms with van der Waals surface area (Å²) in [6, 6.07) is 4.54. The zero-order valence-electron chi connectivity index (χ0n) is 15.3. The average molecular weight is 439 g/mol. The highest BCUT2D eigenvalue weighted by Crippen LogP contribution is 2.28. The molecule has 0 saturated carbocycles. The second-order valence-electron chi connectivity index (χ2n) is 6.42. The molecule has 2 aromatic heterocycles. The third kappa shape index (κ3) is 3.97. The Morgan fingerprint density at radius 1 is 1.29 bits per heavy atom. The quantitative estimate of drug-likeness (QED) is 0.432. The normalized spacial score (nSPS) is 11.2. The number of halogens is 2. The molecule has 0 aliphatic carbocycles. The maximum absolute atomic E-state index is 12.9. The van der Waals surface area contributed by atoms with E-state index in [1.54, 1.807) is 26.8 Å². The highest BCUT2D eigenvalue weighted by Gasteiger charge is 2.22. The van der Waals surface area contributed by atoms with Crippen molar-refractivity contribution in [1.29, 1.82) is 0 Å². The van der Waals surface area contributed by atoms with Crippen molar-refractivity contribution >= 4 is 56.5 Å². The van der Waals surface area contributed by atoms with Gasteiger partial charge in [0.2, 0.25) is 0 Å². The summed E-state index contributed by atoms with van der Waals surface area (Å²) in [4.78, 5) is 42.7. The Labute approximate surface area is 174 Å². The summed E-state index contributed by atoms with van der Waals surface area (Å²) in [7, 11) is 0. The van der Waals surface area contributed by atoms with E-state index in [2.05, 4.69) is 4.98 Å². The van der Waals surface area contributed by atoms with Crippen molar-refractivity contribution in [2.24, 2.45) is 0 Å². The molecule has 0 N–H and O–H groups in total. The van der Waals surface area contributed by atoms with E-state index in [-0.39, 0.29) is 29.0 Å². The smallest absolute Gasteiger partial charge is 0.348 e. The molecule has 6 nitrogen and oxygen atoms in total. The number of aryl methyl sites for hydroxylation is 1. The highest BCUT2D eigenvalue weighted by molar-refractivity contribution is 7.20. The summed E-state index contributed by atoms with van der Waals surface area (Å²) in [6.45, 7) is 4.93. The molecule has 0 spiro atoms. The molecule has 3 aromatic rings. The number of Topliss-reactive ketones (excluding diaryl/α,β-unsaturated/α-hetero) is 1. The van der Waals surface area contributed by atoms with Gasteiger partial charge >= 0.3 is 5.97 Å². The Hall–Kier alpha value is -2.22.